The third-order valence-electron chi connectivity index (χ3n) is 2.76. The highest BCUT2D eigenvalue weighted by atomic mass is 35.5. The summed E-state index contributed by atoms with van der Waals surface area (Å²) in [4.78, 5) is 12.0. The molecule has 1 aromatic rings. The minimum absolute atomic E-state index is 0.131. The minimum Gasteiger partial charge on any atom is -0.333 e. The van der Waals surface area contributed by atoms with E-state index in [1.54, 1.807) is 11.8 Å². The Bertz CT molecular complexity index is 523. The predicted octanol–water partition coefficient (Wildman–Crippen LogP) is 2.61. The molecule has 0 radical (unpaired) electrons. The zero-order valence-corrected chi connectivity index (χ0v) is 10.9. The standard InChI is InChI=1S/C12H10ClFN2OS/c13-8-1-2-10(14)9(5-8)11(17)16-12(6-15)3-4-18-7-12/h1-2,5H,3-4,7H2,(H,16,17). The quantitative estimate of drug-likeness (QED) is 0.908. The molecule has 1 amide bonds. The molecular formula is C12H10ClFN2OS. The van der Waals surface area contributed by atoms with E-state index >= 15 is 0 Å². The van der Waals surface area contributed by atoms with Gasteiger partial charge in [-0.25, -0.2) is 4.39 Å². The van der Waals surface area contributed by atoms with Crippen LogP contribution in [-0.2, 0) is 0 Å². The van der Waals surface area contributed by atoms with Gasteiger partial charge in [-0.3, -0.25) is 4.79 Å². The van der Waals surface area contributed by atoms with E-state index in [1.165, 1.54) is 12.1 Å². The van der Waals surface area contributed by atoms with Crippen LogP contribution in [-0.4, -0.2) is 23.0 Å². The Morgan fingerprint density at radius 3 is 3.00 bits per heavy atom. The van der Waals surface area contributed by atoms with Crippen molar-refractivity contribution in [3.05, 3.63) is 34.6 Å². The third kappa shape index (κ3) is 2.60. The van der Waals surface area contributed by atoms with Gasteiger partial charge in [-0.2, -0.15) is 17.0 Å². The Hall–Kier alpha value is -1.25. The summed E-state index contributed by atoms with van der Waals surface area (Å²) in [7, 11) is 0. The van der Waals surface area contributed by atoms with Crippen molar-refractivity contribution in [2.75, 3.05) is 11.5 Å². The van der Waals surface area contributed by atoms with E-state index < -0.39 is 17.3 Å². The molecule has 0 saturated carbocycles. The second-order valence-electron chi connectivity index (χ2n) is 4.07. The first kappa shape index (κ1) is 13.2. The largest absolute Gasteiger partial charge is 0.333 e. The first-order valence-corrected chi connectivity index (χ1v) is 6.86. The predicted molar refractivity (Wildman–Crippen MR) is 69.2 cm³/mol. The molecule has 1 saturated heterocycles. The van der Waals surface area contributed by atoms with Crippen LogP contribution < -0.4 is 5.32 Å². The van der Waals surface area contributed by atoms with Crippen molar-refractivity contribution in [2.45, 2.75) is 12.0 Å². The number of nitriles is 1. The molecule has 1 unspecified atom stereocenters. The summed E-state index contributed by atoms with van der Waals surface area (Å²) in [5.41, 5.74) is -1.02. The lowest BCUT2D eigenvalue weighted by atomic mass is 10.0. The van der Waals surface area contributed by atoms with E-state index in [2.05, 4.69) is 11.4 Å². The van der Waals surface area contributed by atoms with Crippen molar-refractivity contribution in [2.24, 2.45) is 0 Å². The normalized spacial score (nSPS) is 22.5. The SMILES string of the molecule is N#CC1(NC(=O)c2cc(Cl)ccc2F)CCSC1. The summed E-state index contributed by atoms with van der Waals surface area (Å²) in [6.45, 7) is 0. The van der Waals surface area contributed by atoms with E-state index in [0.717, 1.165) is 11.8 Å². The van der Waals surface area contributed by atoms with Gasteiger partial charge in [-0.15, -0.1) is 0 Å². The number of hydrogen-bond donors (Lipinski definition) is 1. The first-order chi connectivity index (χ1) is 8.56. The van der Waals surface area contributed by atoms with Gasteiger partial charge in [0.2, 0.25) is 0 Å². The summed E-state index contributed by atoms with van der Waals surface area (Å²) in [6, 6.07) is 5.88. The van der Waals surface area contributed by atoms with Crippen LogP contribution in [0.15, 0.2) is 18.2 Å². The smallest absolute Gasteiger partial charge is 0.255 e. The highest BCUT2D eigenvalue weighted by Gasteiger charge is 2.36. The van der Waals surface area contributed by atoms with Crippen LogP contribution in [0.2, 0.25) is 5.02 Å². The molecule has 1 heterocycles. The van der Waals surface area contributed by atoms with Crippen molar-refractivity contribution in [1.29, 1.82) is 5.26 Å². The summed E-state index contributed by atoms with van der Waals surface area (Å²) in [5, 5.41) is 12.0. The maximum absolute atomic E-state index is 13.5. The number of amides is 1. The monoisotopic (exact) mass is 284 g/mol. The second-order valence-corrected chi connectivity index (χ2v) is 5.62. The van der Waals surface area contributed by atoms with Crippen molar-refractivity contribution in [3.8, 4) is 6.07 Å². The number of nitrogens with one attached hydrogen (secondary N) is 1. The average Bonchev–Trinajstić information content (AvgIpc) is 2.81. The van der Waals surface area contributed by atoms with Gasteiger partial charge >= 0.3 is 0 Å². The molecule has 0 aromatic heterocycles. The molecule has 1 aromatic carbocycles. The second kappa shape index (κ2) is 5.17. The van der Waals surface area contributed by atoms with E-state index in [0.29, 0.717) is 12.2 Å². The summed E-state index contributed by atoms with van der Waals surface area (Å²) >= 11 is 7.32. The Balaban J connectivity index is 2.22. The molecule has 2 rings (SSSR count). The van der Waals surface area contributed by atoms with Gasteiger partial charge in [0.1, 0.15) is 11.4 Å². The first-order valence-electron chi connectivity index (χ1n) is 5.33. The Labute approximate surface area is 113 Å². The fraction of sp³-hybridized carbons (Fsp3) is 0.333. The number of thioether (sulfide) groups is 1. The number of rotatable bonds is 2. The Morgan fingerprint density at radius 2 is 2.39 bits per heavy atom. The molecule has 6 heteroatoms. The molecular weight excluding hydrogens is 275 g/mol. The fourth-order valence-electron chi connectivity index (χ4n) is 1.74. The van der Waals surface area contributed by atoms with Gasteiger partial charge in [0, 0.05) is 10.8 Å². The maximum atomic E-state index is 13.5. The number of hydrogen-bond acceptors (Lipinski definition) is 3. The van der Waals surface area contributed by atoms with Crippen molar-refractivity contribution >= 4 is 29.3 Å². The molecule has 1 atom stereocenters. The molecule has 18 heavy (non-hydrogen) atoms. The van der Waals surface area contributed by atoms with Crippen LogP contribution in [0.5, 0.6) is 0 Å². The molecule has 1 N–H and O–H groups in total. The van der Waals surface area contributed by atoms with Gasteiger partial charge < -0.3 is 5.32 Å². The van der Waals surface area contributed by atoms with E-state index in [-0.39, 0.29) is 10.6 Å². The topological polar surface area (TPSA) is 52.9 Å². The summed E-state index contributed by atoms with van der Waals surface area (Å²) in [6.07, 6.45) is 0.572. The number of benzene rings is 1. The molecule has 94 valence electrons. The van der Waals surface area contributed by atoms with Gasteiger partial charge in [-0.05, 0) is 30.4 Å². The summed E-state index contributed by atoms with van der Waals surface area (Å²) in [5.74, 6) is 0.0956. The zero-order chi connectivity index (χ0) is 13.2. The van der Waals surface area contributed by atoms with E-state index in [1.807, 2.05) is 0 Å². The lowest BCUT2D eigenvalue weighted by Crippen LogP contribution is -2.47. The van der Waals surface area contributed by atoms with Crippen LogP contribution >= 0.6 is 23.4 Å². The molecule has 1 fully saturated rings. The Kier molecular flexibility index (Phi) is 3.79. The van der Waals surface area contributed by atoms with Crippen LogP contribution in [0, 0.1) is 17.1 Å². The Morgan fingerprint density at radius 1 is 1.61 bits per heavy atom. The van der Waals surface area contributed by atoms with Gasteiger partial charge in [0.25, 0.3) is 5.91 Å². The molecule has 0 spiro atoms. The highest BCUT2D eigenvalue weighted by molar-refractivity contribution is 7.99. The number of carbonyl (C=O) groups is 1. The van der Waals surface area contributed by atoms with Crippen LogP contribution in [0.4, 0.5) is 4.39 Å². The molecule has 1 aliphatic heterocycles. The number of nitrogens with zero attached hydrogens (tertiary/aromatic N) is 1. The highest BCUT2D eigenvalue weighted by Crippen LogP contribution is 2.28. The lowest BCUT2D eigenvalue weighted by Gasteiger charge is -2.21. The van der Waals surface area contributed by atoms with Gasteiger partial charge in [-0.1, -0.05) is 11.6 Å². The number of carbonyl (C=O) groups excluding carboxylic acids is 1. The zero-order valence-electron chi connectivity index (χ0n) is 9.37. The van der Waals surface area contributed by atoms with Crippen molar-refractivity contribution in [1.82, 2.24) is 5.32 Å². The summed E-state index contributed by atoms with van der Waals surface area (Å²) < 4.78 is 13.5. The van der Waals surface area contributed by atoms with Crippen LogP contribution in [0.1, 0.15) is 16.8 Å². The minimum atomic E-state index is -0.892. The van der Waals surface area contributed by atoms with Gasteiger partial charge in [0.05, 0.1) is 11.6 Å². The lowest BCUT2D eigenvalue weighted by molar-refractivity contribution is 0.0922. The third-order valence-corrected chi connectivity index (χ3v) is 4.19. The average molecular weight is 285 g/mol. The molecule has 1 aliphatic rings. The van der Waals surface area contributed by atoms with E-state index in [4.69, 9.17) is 16.9 Å². The van der Waals surface area contributed by atoms with E-state index in [9.17, 15) is 9.18 Å². The fourth-order valence-corrected chi connectivity index (χ4v) is 3.17. The van der Waals surface area contributed by atoms with Crippen LogP contribution in [0.25, 0.3) is 0 Å². The molecule has 0 aliphatic carbocycles. The molecule has 0 bridgehead atoms. The van der Waals surface area contributed by atoms with Crippen molar-refractivity contribution < 1.29 is 9.18 Å². The van der Waals surface area contributed by atoms with Crippen LogP contribution in [0.3, 0.4) is 0 Å². The van der Waals surface area contributed by atoms with Crippen molar-refractivity contribution in [3.63, 3.8) is 0 Å². The molecule has 3 nitrogen and oxygen atoms in total. The maximum Gasteiger partial charge on any atom is 0.255 e. The van der Waals surface area contributed by atoms with Gasteiger partial charge in [0.15, 0.2) is 0 Å². The number of halogens is 2.